The van der Waals surface area contributed by atoms with Crippen LogP contribution in [-0.2, 0) is 11.2 Å². The van der Waals surface area contributed by atoms with Crippen molar-refractivity contribution in [2.45, 2.75) is 37.8 Å². The van der Waals surface area contributed by atoms with Gasteiger partial charge in [-0.1, -0.05) is 0 Å². The minimum Gasteiger partial charge on any atom is -0.478 e. The molecule has 1 unspecified atom stereocenters. The van der Waals surface area contributed by atoms with Crippen LogP contribution in [0.5, 0.6) is 11.5 Å². The summed E-state index contributed by atoms with van der Waals surface area (Å²) >= 11 is 0. The number of nitrogens with zero attached hydrogens (tertiary/aromatic N) is 1. The number of aromatic nitrogens is 1. The van der Waals surface area contributed by atoms with E-state index in [9.17, 15) is 9.59 Å². The van der Waals surface area contributed by atoms with E-state index in [0.717, 1.165) is 35.7 Å². The third kappa shape index (κ3) is 4.30. The average Bonchev–Trinajstić information content (AvgIpc) is 3.40. The first-order valence-electron chi connectivity index (χ1n) is 10.2. The fourth-order valence-electron chi connectivity index (χ4n) is 4.23. The van der Waals surface area contributed by atoms with Crippen molar-refractivity contribution in [3.05, 3.63) is 71.2 Å². The zero-order valence-electron chi connectivity index (χ0n) is 16.9. The van der Waals surface area contributed by atoms with Gasteiger partial charge in [0.25, 0.3) is 0 Å². The van der Waals surface area contributed by atoms with Crippen LogP contribution in [0, 0.1) is 12.5 Å². The molecule has 7 nitrogen and oxygen atoms in total. The first kappa shape index (κ1) is 20.6. The van der Waals surface area contributed by atoms with E-state index in [1.54, 1.807) is 12.1 Å². The van der Waals surface area contributed by atoms with Crippen molar-refractivity contribution in [3.63, 3.8) is 0 Å². The molecule has 4 N–H and O–H groups in total. The Labute approximate surface area is 179 Å². The molecule has 1 fully saturated rings. The van der Waals surface area contributed by atoms with Crippen LogP contribution in [0.2, 0.25) is 0 Å². The molecular weight excluding hydrogens is 394 g/mol. The number of Topliss-reactive ketones (excluding diaryl/α,β-unsaturated/α-hetero) is 1. The van der Waals surface area contributed by atoms with E-state index in [4.69, 9.17) is 22.1 Å². The van der Waals surface area contributed by atoms with E-state index in [0.29, 0.717) is 17.9 Å². The number of carboxylic acid groups (broad SMARTS) is 1. The molecule has 3 atom stereocenters. The van der Waals surface area contributed by atoms with Gasteiger partial charge in [-0.2, -0.15) is 0 Å². The second-order valence-corrected chi connectivity index (χ2v) is 7.90. The van der Waals surface area contributed by atoms with E-state index >= 15 is 0 Å². The Kier molecular flexibility index (Phi) is 5.74. The first-order chi connectivity index (χ1) is 15.0. The lowest BCUT2D eigenvalue weighted by atomic mass is 9.90. The lowest BCUT2D eigenvalue weighted by molar-refractivity contribution is -0.124. The molecule has 1 heterocycles. The number of benzene rings is 2. The Morgan fingerprint density at radius 1 is 1.19 bits per heavy atom. The molecule has 1 aromatic heterocycles. The lowest BCUT2D eigenvalue weighted by Gasteiger charge is -2.15. The van der Waals surface area contributed by atoms with Crippen molar-refractivity contribution >= 4 is 22.7 Å². The van der Waals surface area contributed by atoms with Crippen molar-refractivity contribution in [3.8, 4) is 11.5 Å². The molecule has 7 heteroatoms. The van der Waals surface area contributed by atoms with E-state index in [2.05, 4.69) is 9.83 Å². The van der Waals surface area contributed by atoms with Gasteiger partial charge >= 0.3 is 5.97 Å². The van der Waals surface area contributed by atoms with Crippen molar-refractivity contribution in [2.75, 3.05) is 0 Å². The Balaban J connectivity index is 1.51. The van der Waals surface area contributed by atoms with Crippen LogP contribution in [0.4, 0.5) is 0 Å². The minimum absolute atomic E-state index is 0.0289. The van der Waals surface area contributed by atoms with Crippen molar-refractivity contribution in [1.82, 2.24) is 4.98 Å². The van der Waals surface area contributed by atoms with Crippen LogP contribution in [-0.4, -0.2) is 33.9 Å². The molecule has 158 valence electrons. The van der Waals surface area contributed by atoms with E-state index in [1.807, 2.05) is 24.4 Å². The van der Waals surface area contributed by atoms with E-state index in [-0.39, 0.29) is 23.3 Å². The van der Waals surface area contributed by atoms with Crippen LogP contribution >= 0.6 is 0 Å². The normalized spacial score (nSPS) is 19.1. The van der Waals surface area contributed by atoms with Crippen LogP contribution in [0.1, 0.15) is 35.2 Å². The Bertz CT molecular complexity index is 1160. The summed E-state index contributed by atoms with van der Waals surface area (Å²) in [4.78, 5) is 30.6. The summed E-state index contributed by atoms with van der Waals surface area (Å²) in [7, 11) is 0. The standard InChI is InChI=1S/C24H23N3O4/c1-26-21-4-2-3-18(21)23(28)20(25)11-15-13-27-22-10-9-17(12-19(15)22)31-16-7-5-14(6-8-16)24(29)30/h5-10,12-13,18,20-21,27H,2-4,11,25H2,(H,29,30)/t18?,20-,21-/m0/s1. The number of carbonyl (C=O) groups is 2. The minimum atomic E-state index is -0.990. The molecular formula is C24H23N3O4. The zero-order chi connectivity index (χ0) is 22.0. The predicted molar refractivity (Wildman–Crippen MR) is 116 cm³/mol. The number of aromatic carboxylic acids is 1. The highest BCUT2D eigenvalue weighted by Crippen LogP contribution is 2.31. The summed E-state index contributed by atoms with van der Waals surface area (Å²) in [6, 6.07) is 10.9. The highest BCUT2D eigenvalue weighted by molar-refractivity contribution is 5.90. The van der Waals surface area contributed by atoms with Gasteiger partial charge in [-0.15, -0.1) is 0 Å². The molecule has 1 aliphatic rings. The van der Waals surface area contributed by atoms with Gasteiger partial charge in [-0.05, 0) is 67.3 Å². The highest BCUT2D eigenvalue weighted by Gasteiger charge is 2.39. The third-order valence-corrected chi connectivity index (χ3v) is 5.89. The molecule has 4 rings (SSSR count). The molecule has 31 heavy (non-hydrogen) atoms. The quantitative estimate of drug-likeness (QED) is 0.500. The van der Waals surface area contributed by atoms with Gasteiger partial charge in [-0.25, -0.2) is 11.4 Å². The Hall–Kier alpha value is -3.63. The second kappa shape index (κ2) is 8.62. The SMILES string of the molecule is [C-]#[N+][C@H]1CCCC1C(=O)[C@@H](N)Cc1c[nH]c2ccc(Oc3ccc(C(=O)O)cc3)cc12. The lowest BCUT2D eigenvalue weighted by Crippen LogP contribution is -2.39. The number of ketones is 1. The highest BCUT2D eigenvalue weighted by atomic mass is 16.5. The Morgan fingerprint density at radius 2 is 1.94 bits per heavy atom. The summed E-state index contributed by atoms with van der Waals surface area (Å²) in [6.45, 7) is 7.30. The topological polar surface area (TPSA) is 110 Å². The molecule has 3 aromatic rings. The summed E-state index contributed by atoms with van der Waals surface area (Å²) in [5.41, 5.74) is 8.26. The summed E-state index contributed by atoms with van der Waals surface area (Å²) in [5, 5.41) is 9.92. The Morgan fingerprint density at radius 3 is 2.65 bits per heavy atom. The average molecular weight is 417 g/mol. The monoisotopic (exact) mass is 417 g/mol. The number of aromatic amines is 1. The van der Waals surface area contributed by atoms with E-state index < -0.39 is 12.0 Å². The van der Waals surface area contributed by atoms with Crippen LogP contribution in [0.25, 0.3) is 15.7 Å². The van der Waals surface area contributed by atoms with Gasteiger partial charge in [0.15, 0.2) is 5.78 Å². The fraction of sp³-hybridized carbons (Fsp3) is 0.292. The van der Waals surface area contributed by atoms with Gasteiger partial charge in [-0.3, -0.25) is 4.79 Å². The number of hydrogen-bond acceptors (Lipinski definition) is 4. The van der Waals surface area contributed by atoms with Crippen LogP contribution in [0.15, 0.2) is 48.7 Å². The van der Waals surface area contributed by atoms with Crippen molar-refractivity contribution in [1.29, 1.82) is 0 Å². The molecule has 1 saturated carbocycles. The van der Waals surface area contributed by atoms with Gasteiger partial charge in [0.2, 0.25) is 6.04 Å². The predicted octanol–water partition coefficient (Wildman–Crippen LogP) is 4.19. The number of carbonyl (C=O) groups excluding carboxylic acids is 1. The fourth-order valence-corrected chi connectivity index (χ4v) is 4.23. The second-order valence-electron chi connectivity index (χ2n) is 7.90. The molecule has 0 aliphatic heterocycles. The number of rotatable bonds is 7. The van der Waals surface area contributed by atoms with Gasteiger partial charge in [0, 0.05) is 23.5 Å². The van der Waals surface area contributed by atoms with Crippen molar-refractivity contribution < 1.29 is 19.4 Å². The van der Waals surface area contributed by atoms with E-state index in [1.165, 1.54) is 12.1 Å². The maximum atomic E-state index is 12.8. The number of carboxylic acids is 1. The number of hydrogen-bond donors (Lipinski definition) is 3. The molecule has 0 bridgehead atoms. The van der Waals surface area contributed by atoms with Gasteiger partial charge < -0.3 is 25.4 Å². The number of nitrogens with two attached hydrogens (primary N) is 1. The number of nitrogens with one attached hydrogen (secondary N) is 1. The maximum Gasteiger partial charge on any atom is 0.335 e. The summed E-state index contributed by atoms with van der Waals surface area (Å²) in [6.07, 6.45) is 4.65. The smallest absolute Gasteiger partial charge is 0.335 e. The van der Waals surface area contributed by atoms with Crippen LogP contribution < -0.4 is 10.5 Å². The van der Waals surface area contributed by atoms with Gasteiger partial charge in [0.1, 0.15) is 11.5 Å². The molecule has 0 spiro atoms. The largest absolute Gasteiger partial charge is 0.478 e. The maximum absolute atomic E-state index is 12.8. The van der Waals surface area contributed by atoms with Gasteiger partial charge in [0.05, 0.1) is 17.5 Å². The molecule has 0 radical (unpaired) electrons. The number of fused-ring (bicyclic) bond motifs is 1. The molecule has 1 aliphatic carbocycles. The summed E-state index contributed by atoms with van der Waals surface area (Å²) in [5.74, 6) is -0.153. The zero-order valence-corrected chi connectivity index (χ0v) is 16.9. The summed E-state index contributed by atoms with van der Waals surface area (Å²) < 4.78 is 5.87. The van der Waals surface area contributed by atoms with Crippen molar-refractivity contribution in [2.24, 2.45) is 11.7 Å². The third-order valence-electron chi connectivity index (χ3n) is 5.89. The van der Waals surface area contributed by atoms with Crippen LogP contribution in [0.3, 0.4) is 0 Å². The molecule has 0 saturated heterocycles. The first-order valence-corrected chi connectivity index (χ1v) is 10.2. The number of ether oxygens (including phenoxy) is 1. The number of H-pyrrole nitrogens is 1. The molecule has 0 amide bonds. The molecule has 2 aromatic carbocycles.